The van der Waals surface area contributed by atoms with Crippen molar-refractivity contribution >= 4 is 74.5 Å². The molecule has 1 aliphatic heterocycles. The van der Waals surface area contributed by atoms with Crippen molar-refractivity contribution in [2.75, 3.05) is 0 Å². The Morgan fingerprint density at radius 3 is 1.48 bits per heavy atom. The van der Waals surface area contributed by atoms with Gasteiger partial charge in [0.25, 0.3) is 0 Å². The summed E-state index contributed by atoms with van der Waals surface area (Å²) in [5.74, 6) is 0.733. The normalized spacial score (nSPS) is 12.9. The second-order valence-corrected chi connectivity index (χ2v) is 24.2. The van der Waals surface area contributed by atoms with Gasteiger partial charge < -0.3 is 0 Å². The summed E-state index contributed by atoms with van der Waals surface area (Å²) in [7, 11) is 0. The summed E-state index contributed by atoms with van der Waals surface area (Å²) in [5, 5.41) is 4.94. The summed E-state index contributed by atoms with van der Waals surface area (Å²) in [6.07, 6.45) is 0. The Bertz CT molecular complexity index is 3690. The predicted octanol–water partition coefficient (Wildman–Crippen LogP) is 11.4. The molecule has 0 N–H and O–H groups in total. The number of aromatic nitrogens is 4. The van der Waals surface area contributed by atoms with E-state index in [-0.39, 0.29) is 0 Å². The van der Waals surface area contributed by atoms with E-state index >= 15 is 0 Å². The van der Waals surface area contributed by atoms with Crippen molar-refractivity contribution in [1.82, 2.24) is 19.1 Å². The summed E-state index contributed by atoms with van der Waals surface area (Å²) in [6.45, 7) is 0. The third-order valence-electron chi connectivity index (χ3n) is 13.2. The molecule has 0 spiro atoms. The second-order valence-electron chi connectivity index (χ2n) is 16.5. The zero-order chi connectivity index (χ0) is 41.5. The van der Waals surface area contributed by atoms with Crippen LogP contribution in [0.4, 0.5) is 0 Å². The molecule has 4 heterocycles. The van der Waals surface area contributed by atoms with Gasteiger partial charge in [-0.25, -0.2) is 0 Å². The molecule has 0 fully saturated rings. The Balaban J connectivity index is 1.12. The Morgan fingerprint density at radius 2 is 0.825 bits per heavy atom. The molecule has 9 aromatic carbocycles. The second kappa shape index (κ2) is 14.1. The molecule has 1 aliphatic rings. The third-order valence-corrected chi connectivity index (χ3v) is 23.4. The van der Waals surface area contributed by atoms with Crippen LogP contribution in [0.15, 0.2) is 231 Å². The summed E-state index contributed by atoms with van der Waals surface area (Å²) in [6, 6.07) is 84.2. The fourth-order valence-electron chi connectivity index (χ4n) is 10.6. The standard InChI is InChI=1S/C58H38GeN4/c1-5-20-39(21-6-1)58-60-56(55-57(61-58)47-32-13-16-33-50(47)59(55,41-23-7-2-8-24-41)42-25-9-3-10-26-42)40-22-19-29-44(36-40)63-52-35-18-15-31-46(52)49-37-48-45-30-14-17-34-51(45)62(53(48)38-54(49)63)43-27-11-4-12-28-43/h1-38H. The molecule has 0 atom stereocenters. The van der Waals surface area contributed by atoms with Crippen LogP contribution in [0.2, 0.25) is 0 Å². The van der Waals surface area contributed by atoms with Crippen LogP contribution in [-0.2, 0) is 0 Å². The molecule has 0 radical (unpaired) electrons. The Labute approximate surface area is 367 Å². The van der Waals surface area contributed by atoms with Gasteiger partial charge in [0, 0.05) is 0 Å². The van der Waals surface area contributed by atoms with Crippen molar-refractivity contribution in [2.45, 2.75) is 0 Å². The first-order valence-corrected chi connectivity index (χ1v) is 25.8. The van der Waals surface area contributed by atoms with Crippen molar-refractivity contribution < 1.29 is 0 Å². The summed E-state index contributed by atoms with van der Waals surface area (Å²) in [4.78, 5) is 11.3. The SMILES string of the molecule is c1ccc(-c2nc(-c3cccc(-n4c5ccccc5c5cc6c7ccccc7n(-c7ccccc7)c6cc54)c3)[c]3c(n2)-c2cccc[c]2[Ge]3([c]2ccccc2)[c]2ccccc2)cc1. The molecular formula is C58H38GeN4. The van der Waals surface area contributed by atoms with Gasteiger partial charge in [-0.1, -0.05) is 30.3 Å². The maximum atomic E-state index is 5.69. The number of para-hydroxylation sites is 3. The number of hydrogen-bond acceptors (Lipinski definition) is 2. The molecule has 0 aliphatic carbocycles. The molecule has 63 heavy (non-hydrogen) atoms. The van der Waals surface area contributed by atoms with Crippen LogP contribution in [-0.4, -0.2) is 32.4 Å². The molecular weight excluding hydrogens is 825 g/mol. The van der Waals surface area contributed by atoms with Gasteiger partial charge in [0.05, 0.1) is 0 Å². The molecule has 5 heteroatoms. The van der Waals surface area contributed by atoms with Crippen molar-refractivity contribution in [2.24, 2.45) is 0 Å². The van der Waals surface area contributed by atoms with E-state index in [1.807, 2.05) is 0 Å². The molecule has 0 bridgehead atoms. The molecule has 0 unspecified atom stereocenters. The number of benzene rings is 9. The summed E-state index contributed by atoms with van der Waals surface area (Å²) < 4.78 is 10.3. The van der Waals surface area contributed by atoms with Crippen LogP contribution in [0.3, 0.4) is 0 Å². The third kappa shape index (κ3) is 5.28. The first-order chi connectivity index (χ1) is 31.3. The maximum absolute atomic E-state index is 5.69. The topological polar surface area (TPSA) is 35.6 Å². The van der Waals surface area contributed by atoms with Crippen LogP contribution in [0.5, 0.6) is 0 Å². The van der Waals surface area contributed by atoms with E-state index in [1.54, 1.807) is 0 Å². The van der Waals surface area contributed by atoms with Crippen LogP contribution in [0, 0.1) is 0 Å². The zero-order valence-electron chi connectivity index (χ0n) is 34.2. The van der Waals surface area contributed by atoms with Gasteiger partial charge in [-0.3, -0.25) is 0 Å². The average Bonchev–Trinajstić information content (AvgIpc) is 3.98. The monoisotopic (exact) mass is 864 g/mol. The molecule has 0 saturated heterocycles. The Kier molecular flexibility index (Phi) is 8.05. The van der Waals surface area contributed by atoms with Gasteiger partial charge >= 0.3 is 339 Å². The van der Waals surface area contributed by atoms with Gasteiger partial charge in [-0.05, 0) is 0 Å². The molecule has 12 aromatic rings. The first-order valence-electron chi connectivity index (χ1n) is 21.6. The van der Waals surface area contributed by atoms with Crippen LogP contribution >= 0.6 is 0 Å². The van der Waals surface area contributed by atoms with Gasteiger partial charge in [0.2, 0.25) is 0 Å². The predicted molar refractivity (Wildman–Crippen MR) is 264 cm³/mol. The zero-order valence-corrected chi connectivity index (χ0v) is 36.3. The Hall–Kier alpha value is -7.80. The molecule has 294 valence electrons. The van der Waals surface area contributed by atoms with Crippen molar-refractivity contribution in [3.63, 3.8) is 0 Å². The number of nitrogens with zero attached hydrogens (tertiary/aromatic N) is 4. The fraction of sp³-hybridized carbons (Fsp3) is 0. The van der Waals surface area contributed by atoms with E-state index in [0.29, 0.717) is 0 Å². The van der Waals surface area contributed by atoms with E-state index in [0.717, 1.165) is 45.2 Å². The molecule has 0 amide bonds. The summed E-state index contributed by atoms with van der Waals surface area (Å²) in [5.41, 5.74) is 12.2. The van der Waals surface area contributed by atoms with Gasteiger partial charge in [0.15, 0.2) is 0 Å². The minimum atomic E-state index is -3.77. The number of hydrogen-bond donors (Lipinski definition) is 0. The van der Waals surface area contributed by atoms with Gasteiger partial charge in [0.1, 0.15) is 0 Å². The van der Waals surface area contributed by atoms with Crippen molar-refractivity contribution in [3.05, 3.63) is 231 Å². The fourth-order valence-corrected chi connectivity index (χ4v) is 21.6. The van der Waals surface area contributed by atoms with Crippen molar-refractivity contribution in [1.29, 1.82) is 0 Å². The molecule has 4 nitrogen and oxygen atoms in total. The Morgan fingerprint density at radius 1 is 0.333 bits per heavy atom. The summed E-state index contributed by atoms with van der Waals surface area (Å²) >= 11 is -3.77. The van der Waals surface area contributed by atoms with E-state index in [1.165, 1.54) is 61.2 Å². The number of fused-ring (bicyclic) bond motifs is 9. The number of rotatable bonds is 6. The van der Waals surface area contributed by atoms with Crippen molar-refractivity contribution in [3.8, 4) is 45.3 Å². The average molecular weight is 864 g/mol. The quantitative estimate of drug-likeness (QED) is 0.156. The van der Waals surface area contributed by atoms with E-state index < -0.39 is 13.3 Å². The molecule has 0 saturated carbocycles. The minimum absolute atomic E-state index is 0.733. The van der Waals surface area contributed by atoms with E-state index in [2.05, 4.69) is 240 Å². The van der Waals surface area contributed by atoms with Crippen LogP contribution in [0.1, 0.15) is 0 Å². The van der Waals surface area contributed by atoms with Gasteiger partial charge in [-0.15, -0.1) is 0 Å². The van der Waals surface area contributed by atoms with E-state index in [4.69, 9.17) is 9.97 Å². The molecule has 3 aromatic heterocycles. The van der Waals surface area contributed by atoms with Gasteiger partial charge in [-0.2, -0.15) is 0 Å². The first kappa shape index (κ1) is 35.9. The van der Waals surface area contributed by atoms with Crippen LogP contribution in [0.25, 0.3) is 88.9 Å². The van der Waals surface area contributed by atoms with E-state index in [9.17, 15) is 0 Å². The molecule has 13 rings (SSSR count). The van der Waals surface area contributed by atoms with Crippen LogP contribution < -0.4 is 17.6 Å².